The van der Waals surface area contributed by atoms with Crippen LogP contribution < -0.4 is 10.1 Å². The first kappa shape index (κ1) is 20.5. The number of nitro benzene ring substituents is 1. The lowest BCUT2D eigenvalue weighted by Crippen LogP contribution is -2.13. The summed E-state index contributed by atoms with van der Waals surface area (Å²) in [7, 11) is 0. The lowest BCUT2D eigenvalue weighted by atomic mass is 10.1. The zero-order chi connectivity index (χ0) is 21.7. The molecule has 0 bridgehead atoms. The van der Waals surface area contributed by atoms with Gasteiger partial charge in [-0.3, -0.25) is 29.7 Å². The number of carbonyl (C=O) groups is 1. The molecule has 30 heavy (non-hydrogen) atoms. The molecule has 3 rings (SSSR count). The van der Waals surface area contributed by atoms with Gasteiger partial charge in [0.1, 0.15) is 23.8 Å². The molecule has 0 saturated heterocycles. The summed E-state index contributed by atoms with van der Waals surface area (Å²) in [6, 6.07) is 10.7. The first-order chi connectivity index (χ1) is 14.4. The van der Waals surface area contributed by atoms with Gasteiger partial charge in [0, 0.05) is 5.56 Å². The van der Waals surface area contributed by atoms with E-state index >= 15 is 0 Å². The molecule has 0 atom stereocenters. The molecule has 1 aromatic heterocycles. The van der Waals surface area contributed by atoms with E-state index in [1.807, 2.05) is 0 Å². The van der Waals surface area contributed by atoms with Crippen molar-refractivity contribution < 1.29 is 19.4 Å². The van der Waals surface area contributed by atoms with Crippen LogP contribution in [0.3, 0.4) is 0 Å². The minimum Gasteiger partial charge on any atom is -0.494 e. The number of nitrogens with zero attached hydrogens (tertiary/aromatic N) is 4. The quantitative estimate of drug-likeness (QED) is 0.442. The van der Waals surface area contributed by atoms with Crippen LogP contribution in [0, 0.1) is 20.2 Å². The van der Waals surface area contributed by atoms with Crippen molar-refractivity contribution in [2.45, 2.75) is 13.5 Å². The maximum Gasteiger partial charge on any atom is 0.307 e. The Labute approximate surface area is 170 Å². The smallest absolute Gasteiger partial charge is 0.307 e. The number of nitro groups is 2. The van der Waals surface area contributed by atoms with Gasteiger partial charge < -0.3 is 10.1 Å². The third kappa shape index (κ3) is 4.76. The minimum absolute atomic E-state index is 0.0568. The Balaban J connectivity index is 1.71. The van der Waals surface area contributed by atoms with E-state index < -0.39 is 15.8 Å². The van der Waals surface area contributed by atoms with Crippen molar-refractivity contribution in [3.05, 3.63) is 86.2 Å². The number of hydrogen-bond donors (Lipinski definition) is 1. The third-order valence-electron chi connectivity index (χ3n) is 4.12. The maximum atomic E-state index is 12.5. The van der Waals surface area contributed by atoms with Crippen molar-refractivity contribution in [2.75, 3.05) is 11.9 Å². The lowest BCUT2D eigenvalue weighted by Gasteiger charge is -2.09. The number of benzene rings is 2. The first-order valence-electron chi connectivity index (χ1n) is 8.85. The minimum atomic E-state index is -0.593. The number of nitrogens with one attached hydrogen (secondary N) is 1. The number of hydrogen-bond acceptors (Lipinski definition) is 7. The van der Waals surface area contributed by atoms with Gasteiger partial charge in [-0.1, -0.05) is 12.1 Å². The summed E-state index contributed by atoms with van der Waals surface area (Å²) in [5, 5.41) is 28.5. The summed E-state index contributed by atoms with van der Waals surface area (Å²) in [5.74, 6) is -0.172. The van der Waals surface area contributed by atoms with Gasteiger partial charge in [-0.25, -0.2) is 0 Å². The van der Waals surface area contributed by atoms with Crippen LogP contribution in [-0.2, 0) is 6.54 Å². The highest BCUT2D eigenvalue weighted by Gasteiger charge is 2.18. The first-order valence-corrected chi connectivity index (χ1v) is 8.85. The fraction of sp³-hybridized carbons (Fsp3) is 0.158. The van der Waals surface area contributed by atoms with Crippen LogP contribution in [-0.4, -0.2) is 32.1 Å². The summed E-state index contributed by atoms with van der Waals surface area (Å²) in [5.41, 5.74) is 0.750. The van der Waals surface area contributed by atoms with Crippen LogP contribution in [0.2, 0.25) is 0 Å². The molecule has 0 aliphatic rings. The van der Waals surface area contributed by atoms with Crippen LogP contribution >= 0.6 is 0 Å². The molecule has 2 aromatic carbocycles. The van der Waals surface area contributed by atoms with E-state index in [4.69, 9.17) is 4.74 Å². The van der Waals surface area contributed by atoms with Crippen LogP contribution in [0.25, 0.3) is 0 Å². The number of rotatable bonds is 8. The molecule has 0 radical (unpaired) electrons. The van der Waals surface area contributed by atoms with Crippen molar-refractivity contribution >= 4 is 23.0 Å². The number of ether oxygens (including phenoxy) is 1. The van der Waals surface area contributed by atoms with E-state index in [1.54, 1.807) is 37.3 Å². The fourth-order valence-electron chi connectivity index (χ4n) is 2.70. The standard InChI is InChI=1S/C19H17N5O6/c1-2-30-16-7-8-17(18(9-16)24(28)29)21-19(25)14-5-3-13(4-6-14)11-22-12-15(10-20-22)23(26)27/h3-10,12H,2,11H2,1H3,(H,21,25). The molecule has 3 aromatic rings. The maximum absolute atomic E-state index is 12.5. The molecule has 0 fully saturated rings. The van der Waals surface area contributed by atoms with Gasteiger partial charge in [-0.15, -0.1) is 0 Å². The Bertz CT molecular complexity index is 1090. The van der Waals surface area contributed by atoms with Crippen molar-refractivity contribution in [3.8, 4) is 5.75 Å². The van der Waals surface area contributed by atoms with Crippen LogP contribution in [0.5, 0.6) is 5.75 Å². The highest BCUT2D eigenvalue weighted by atomic mass is 16.6. The van der Waals surface area contributed by atoms with Crippen molar-refractivity contribution in [3.63, 3.8) is 0 Å². The fourth-order valence-corrected chi connectivity index (χ4v) is 2.70. The van der Waals surface area contributed by atoms with Crippen molar-refractivity contribution in [1.82, 2.24) is 9.78 Å². The molecule has 0 unspecified atom stereocenters. The van der Waals surface area contributed by atoms with Crippen molar-refractivity contribution in [1.29, 1.82) is 0 Å². The molecule has 11 heteroatoms. The highest BCUT2D eigenvalue weighted by Crippen LogP contribution is 2.29. The molecule has 154 valence electrons. The van der Waals surface area contributed by atoms with Crippen LogP contribution in [0.4, 0.5) is 17.1 Å². The largest absolute Gasteiger partial charge is 0.494 e. The number of anilines is 1. The predicted molar refractivity (Wildman–Crippen MR) is 107 cm³/mol. The van der Waals surface area contributed by atoms with Crippen molar-refractivity contribution in [2.24, 2.45) is 0 Å². The second-order valence-corrected chi connectivity index (χ2v) is 6.17. The third-order valence-corrected chi connectivity index (χ3v) is 4.12. The van der Waals surface area contributed by atoms with E-state index in [2.05, 4.69) is 10.4 Å². The van der Waals surface area contributed by atoms with E-state index in [-0.39, 0.29) is 17.1 Å². The van der Waals surface area contributed by atoms with E-state index in [1.165, 1.54) is 23.0 Å². The molecular weight excluding hydrogens is 394 g/mol. The van der Waals surface area contributed by atoms with Gasteiger partial charge in [0.15, 0.2) is 0 Å². The molecule has 11 nitrogen and oxygen atoms in total. The summed E-state index contributed by atoms with van der Waals surface area (Å²) >= 11 is 0. The summed E-state index contributed by atoms with van der Waals surface area (Å²) < 4.78 is 6.67. The second kappa shape index (κ2) is 8.82. The van der Waals surface area contributed by atoms with Gasteiger partial charge in [-0.2, -0.15) is 5.10 Å². The Morgan fingerprint density at radius 2 is 1.87 bits per heavy atom. The number of aromatic nitrogens is 2. The normalized spacial score (nSPS) is 10.4. The SMILES string of the molecule is CCOc1ccc(NC(=O)c2ccc(Cn3cc([N+](=O)[O-])cn3)cc2)c([N+](=O)[O-])c1. The van der Waals surface area contributed by atoms with Crippen LogP contribution in [0.1, 0.15) is 22.8 Å². The van der Waals surface area contributed by atoms with Gasteiger partial charge in [0.2, 0.25) is 0 Å². The summed E-state index contributed by atoms with van der Waals surface area (Å²) in [6.45, 7) is 2.42. The average molecular weight is 411 g/mol. The van der Waals surface area contributed by atoms with Gasteiger partial charge >= 0.3 is 5.69 Å². The topological polar surface area (TPSA) is 142 Å². The Morgan fingerprint density at radius 3 is 2.47 bits per heavy atom. The lowest BCUT2D eigenvalue weighted by molar-refractivity contribution is -0.385. The second-order valence-electron chi connectivity index (χ2n) is 6.17. The van der Waals surface area contributed by atoms with E-state index in [9.17, 15) is 25.0 Å². The summed E-state index contributed by atoms with van der Waals surface area (Å²) in [4.78, 5) is 33.4. The Hall–Kier alpha value is -4.28. The molecule has 0 aliphatic carbocycles. The molecule has 0 saturated carbocycles. The highest BCUT2D eigenvalue weighted by molar-refractivity contribution is 6.05. The predicted octanol–water partition coefficient (Wildman–Crippen LogP) is 3.40. The molecule has 0 aliphatic heterocycles. The molecule has 1 N–H and O–H groups in total. The van der Waals surface area contributed by atoms with E-state index in [0.717, 1.165) is 11.8 Å². The molecular formula is C19H17N5O6. The van der Waals surface area contributed by atoms with Gasteiger partial charge in [0.25, 0.3) is 11.6 Å². The Kier molecular flexibility index (Phi) is 6.01. The monoisotopic (exact) mass is 411 g/mol. The van der Waals surface area contributed by atoms with Gasteiger partial charge in [-0.05, 0) is 36.8 Å². The zero-order valence-electron chi connectivity index (χ0n) is 15.8. The summed E-state index contributed by atoms with van der Waals surface area (Å²) in [6.07, 6.45) is 2.47. The molecule has 1 heterocycles. The average Bonchev–Trinajstić information content (AvgIpc) is 3.18. The molecule has 1 amide bonds. The molecule has 0 spiro atoms. The van der Waals surface area contributed by atoms with E-state index in [0.29, 0.717) is 24.5 Å². The van der Waals surface area contributed by atoms with Gasteiger partial charge in [0.05, 0.1) is 29.1 Å². The number of carbonyl (C=O) groups excluding carboxylic acids is 1. The zero-order valence-corrected chi connectivity index (χ0v) is 15.8. The number of amides is 1. The van der Waals surface area contributed by atoms with Crippen LogP contribution in [0.15, 0.2) is 54.9 Å². The Morgan fingerprint density at radius 1 is 1.13 bits per heavy atom.